The predicted molar refractivity (Wildman–Crippen MR) is 131 cm³/mol. The zero-order valence-electron chi connectivity index (χ0n) is 21.3. The first-order valence-corrected chi connectivity index (χ1v) is 14.2. The summed E-state index contributed by atoms with van der Waals surface area (Å²) in [5, 5.41) is 0. The van der Waals surface area contributed by atoms with Gasteiger partial charge in [-0.2, -0.15) is 0 Å². The lowest BCUT2D eigenvalue weighted by Gasteiger charge is -2.31. The number of rotatable bonds is 14. The van der Waals surface area contributed by atoms with Gasteiger partial charge >= 0.3 is 11.9 Å². The zero-order chi connectivity index (χ0) is 23.8. The van der Waals surface area contributed by atoms with Crippen LogP contribution in [0.4, 0.5) is 0 Å². The molecule has 3 rings (SSSR count). The minimum absolute atomic E-state index is 0.0247. The van der Waals surface area contributed by atoms with Crippen LogP contribution in [0.3, 0.4) is 0 Å². The van der Waals surface area contributed by atoms with Crippen molar-refractivity contribution >= 4 is 11.9 Å². The fourth-order valence-electron chi connectivity index (χ4n) is 5.89. The smallest absolute Gasteiger partial charge is 0.305 e. The predicted octanol–water partition coefficient (Wildman–Crippen LogP) is 6.14. The van der Waals surface area contributed by atoms with E-state index in [1.54, 1.807) is 0 Å². The van der Waals surface area contributed by atoms with Gasteiger partial charge < -0.3 is 18.9 Å². The summed E-state index contributed by atoms with van der Waals surface area (Å²) in [5.74, 6) is 1.20. The minimum Gasteiger partial charge on any atom is -0.463 e. The maximum atomic E-state index is 12.0. The van der Waals surface area contributed by atoms with Crippen molar-refractivity contribution in [2.24, 2.45) is 11.8 Å². The van der Waals surface area contributed by atoms with Crippen LogP contribution in [0.2, 0.25) is 0 Å². The molecule has 34 heavy (non-hydrogen) atoms. The molecule has 2 unspecified atom stereocenters. The minimum atomic E-state index is -0.101. The van der Waals surface area contributed by atoms with E-state index in [4.69, 9.17) is 18.9 Å². The van der Waals surface area contributed by atoms with Crippen molar-refractivity contribution in [1.82, 2.24) is 0 Å². The van der Waals surface area contributed by atoms with Crippen molar-refractivity contribution in [2.45, 2.75) is 128 Å². The molecule has 0 bridgehead atoms. The van der Waals surface area contributed by atoms with E-state index in [-0.39, 0.29) is 24.1 Å². The number of carbonyl (C=O) groups is 2. The van der Waals surface area contributed by atoms with Gasteiger partial charge in [0, 0.05) is 12.8 Å². The highest BCUT2D eigenvalue weighted by Gasteiger charge is 2.26. The molecule has 3 saturated carbocycles. The van der Waals surface area contributed by atoms with Crippen LogP contribution in [-0.2, 0) is 28.5 Å². The maximum Gasteiger partial charge on any atom is 0.305 e. The van der Waals surface area contributed by atoms with E-state index in [2.05, 4.69) is 0 Å². The third kappa shape index (κ3) is 11.1. The normalized spacial score (nSPS) is 24.6. The molecule has 0 spiro atoms. The molecule has 0 aromatic carbocycles. The fraction of sp³-hybridized carbons (Fsp3) is 0.929. The molecule has 3 aliphatic rings. The van der Waals surface area contributed by atoms with E-state index in [9.17, 15) is 9.59 Å². The first-order valence-electron chi connectivity index (χ1n) is 14.2. The molecule has 3 fully saturated rings. The van der Waals surface area contributed by atoms with Gasteiger partial charge in [-0.3, -0.25) is 9.59 Å². The molecule has 0 heterocycles. The molecule has 0 aromatic rings. The fourth-order valence-corrected chi connectivity index (χ4v) is 5.89. The Labute approximate surface area is 206 Å². The number of carbonyl (C=O) groups excluding carboxylic acids is 2. The van der Waals surface area contributed by atoms with Crippen LogP contribution in [0.5, 0.6) is 0 Å². The molecule has 0 aromatic heterocycles. The Bertz CT molecular complexity index is 517. The molecular formula is C28H48O6. The highest BCUT2D eigenvalue weighted by Crippen LogP contribution is 2.28. The van der Waals surface area contributed by atoms with Crippen molar-refractivity contribution in [1.29, 1.82) is 0 Å². The van der Waals surface area contributed by atoms with E-state index in [1.165, 1.54) is 64.2 Å². The van der Waals surface area contributed by atoms with Crippen molar-refractivity contribution in [3.8, 4) is 0 Å². The summed E-state index contributed by atoms with van der Waals surface area (Å²) in [6, 6.07) is 0. The van der Waals surface area contributed by atoms with Crippen molar-refractivity contribution < 1.29 is 28.5 Å². The molecule has 0 amide bonds. The number of esters is 2. The second-order valence-electron chi connectivity index (χ2n) is 10.6. The second-order valence-corrected chi connectivity index (χ2v) is 10.6. The summed E-state index contributed by atoms with van der Waals surface area (Å²) in [6.07, 6.45) is 20.2. The van der Waals surface area contributed by atoms with Crippen molar-refractivity contribution in [3.63, 3.8) is 0 Å². The van der Waals surface area contributed by atoms with Gasteiger partial charge in [0.05, 0.1) is 25.4 Å². The largest absolute Gasteiger partial charge is 0.463 e. The molecule has 0 radical (unpaired) electrons. The first-order chi connectivity index (χ1) is 16.7. The van der Waals surface area contributed by atoms with E-state index in [0.717, 1.165) is 38.5 Å². The van der Waals surface area contributed by atoms with E-state index < -0.39 is 0 Å². The van der Waals surface area contributed by atoms with Gasteiger partial charge in [-0.15, -0.1) is 0 Å². The topological polar surface area (TPSA) is 71.1 Å². The Kier molecular flexibility index (Phi) is 13.3. The molecule has 196 valence electrons. The molecule has 0 N–H and O–H groups in total. The van der Waals surface area contributed by atoms with Crippen LogP contribution >= 0.6 is 0 Å². The quantitative estimate of drug-likeness (QED) is 0.220. The highest BCUT2D eigenvalue weighted by molar-refractivity contribution is 5.69. The third-order valence-corrected chi connectivity index (χ3v) is 7.96. The summed E-state index contributed by atoms with van der Waals surface area (Å²) < 4.78 is 22.8. The van der Waals surface area contributed by atoms with Crippen LogP contribution < -0.4 is 0 Å². The van der Waals surface area contributed by atoms with Gasteiger partial charge in [0.15, 0.2) is 0 Å². The summed E-state index contributed by atoms with van der Waals surface area (Å²) in [5.41, 5.74) is 0. The molecule has 6 nitrogen and oxygen atoms in total. The van der Waals surface area contributed by atoms with Gasteiger partial charge in [0.1, 0.15) is 13.2 Å². The second kappa shape index (κ2) is 16.5. The van der Waals surface area contributed by atoms with E-state index >= 15 is 0 Å². The zero-order valence-corrected chi connectivity index (χ0v) is 21.3. The Hall–Kier alpha value is -1.14. The first kappa shape index (κ1) is 27.4. The van der Waals surface area contributed by atoms with E-state index in [0.29, 0.717) is 51.1 Å². The Morgan fingerprint density at radius 2 is 0.882 bits per heavy atom. The molecule has 2 atom stereocenters. The van der Waals surface area contributed by atoms with Gasteiger partial charge in [-0.1, -0.05) is 77.0 Å². The van der Waals surface area contributed by atoms with Crippen LogP contribution in [0.25, 0.3) is 0 Å². The maximum absolute atomic E-state index is 12.0. The summed E-state index contributed by atoms with van der Waals surface area (Å²) in [6.45, 7) is 1.45. The van der Waals surface area contributed by atoms with Crippen LogP contribution in [0.1, 0.15) is 116 Å². The Balaban J connectivity index is 1.20. The summed E-state index contributed by atoms with van der Waals surface area (Å²) in [7, 11) is 0. The van der Waals surface area contributed by atoms with Gasteiger partial charge in [0.2, 0.25) is 0 Å². The average molecular weight is 481 g/mol. The third-order valence-electron chi connectivity index (χ3n) is 7.96. The SMILES string of the molecule is O=C(CCC1CCCCC1)OCCOC1CCCCC1OCCOC(=O)CCC1CCCCC1. The van der Waals surface area contributed by atoms with Crippen LogP contribution in [0, 0.1) is 11.8 Å². The average Bonchev–Trinajstić information content (AvgIpc) is 2.88. The Morgan fingerprint density at radius 1 is 0.500 bits per heavy atom. The standard InChI is InChI=1S/C28H48O6/c29-27(17-15-23-9-3-1-4-10-23)33-21-19-31-25-13-7-8-14-26(25)32-20-22-34-28(30)18-16-24-11-5-2-6-12-24/h23-26H,1-22H2. The van der Waals surface area contributed by atoms with Gasteiger partial charge in [-0.25, -0.2) is 0 Å². The molecular weight excluding hydrogens is 432 g/mol. The van der Waals surface area contributed by atoms with Crippen LogP contribution in [0.15, 0.2) is 0 Å². The number of hydrogen-bond acceptors (Lipinski definition) is 6. The number of ether oxygens (including phenoxy) is 4. The molecule has 0 aliphatic heterocycles. The van der Waals surface area contributed by atoms with Gasteiger partial charge in [-0.05, 0) is 37.5 Å². The van der Waals surface area contributed by atoms with Gasteiger partial charge in [0.25, 0.3) is 0 Å². The summed E-state index contributed by atoms with van der Waals surface area (Å²) >= 11 is 0. The number of hydrogen-bond donors (Lipinski definition) is 0. The molecule has 6 heteroatoms. The monoisotopic (exact) mass is 480 g/mol. The molecule has 3 aliphatic carbocycles. The highest BCUT2D eigenvalue weighted by atomic mass is 16.6. The lowest BCUT2D eigenvalue weighted by atomic mass is 9.86. The lowest BCUT2D eigenvalue weighted by Crippen LogP contribution is -2.36. The lowest BCUT2D eigenvalue weighted by molar-refractivity contribution is -0.152. The van der Waals surface area contributed by atoms with Crippen molar-refractivity contribution in [2.75, 3.05) is 26.4 Å². The van der Waals surface area contributed by atoms with E-state index in [1.807, 2.05) is 0 Å². The van der Waals surface area contributed by atoms with Crippen LogP contribution in [-0.4, -0.2) is 50.6 Å². The molecule has 0 saturated heterocycles. The Morgan fingerprint density at radius 3 is 1.29 bits per heavy atom. The summed E-state index contributed by atoms with van der Waals surface area (Å²) in [4.78, 5) is 24.0. The van der Waals surface area contributed by atoms with Crippen molar-refractivity contribution in [3.05, 3.63) is 0 Å².